The Morgan fingerprint density at radius 2 is 2.07 bits per heavy atom. The summed E-state index contributed by atoms with van der Waals surface area (Å²) in [4.78, 5) is 10.5. The SMILES string of the molecule is O=[N+]([O-])c1cc(I)cc2c(I)csc12. The number of nitrogens with zero attached hydrogens (tertiary/aromatic N) is 1. The summed E-state index contributed by atoms with van der Waals surface area (Å²) < 4.78 is 2.74. The lowest BCUT2D eigenvalue weighted by Crippen LogP contribution is -1.88. The number of hydrogen-bond acceptors (Lipinski definition) is 3. The van der Waals surface area contributed by atoms with Crippen LogP contribution in [0.3, 0.4) is 0 Å². The van der Waals surface area contributed by atoms with Crippen molar-refractivity contribution in [3.63, 3.8) is 0 Å². The number of benzene rings is 1. The van der Waals surface area contributed by atoms with Crippen molar-refractivity contribution < 1.29 is 4.92 Å². The topological polar surface area (TPSA) is 43.1 Å². The predicted molar refractivity (Wildman–Crippen MR) is 73.9 cm³/mol. The number of nitro groups is 1. The van der Waals surface area contributed by atoms with Gasteiger partial charge < -0.3 is 0 Å². The van der Waals surface area contributed by atoms with E-state index in [0.29, 0.717) is 0 Å². The van der Waals surface area contributed by atoms with Crippen molar-refractivity contribution in [3.05, 3.63) is 34.8 Å². The Hall–Kier alpha value is 0.0400. The molecule has 1 aromatic heterocycles. The summed E-state index contributed by atoms with van der Waals surface area (Å²) in [6, 6.07) is 3.58. The van der Waals surface area contributed by atoms with E-state index in [4.69, 9.17) is 0 Å². The van der Waals surface area contributed by atoms with Gasteiger partial charge in [-0.05, 0) is 51.2 Å². The van der Waals surface area contributed by atoms with E-state index in [1.54, 1.807) is 6.07 Å². The molecule has 0 bridgehead atoms. The van der Waals surface area contributed by atoms with Gasteiger partial charge in [0.25, 0.3) is 5.69 Å². The molecule has 2 rings (SSSR count). The molecule has 0 unspecified atom stereocenters. The summed E-state index contributed by atoms with van der Waals surface area (Å²) >= 11 is 5.72. The molecule has 0 radical (unpaired) electrons. The van der Waals surface area contributed by atoms with E-state index in [1.165, 1.54) is 11.3 Å². The molecule has 0 aliphatic heterocycles. The van der Waals surface area contributed by atoms with Crippen LogP contribution in [0.4, 0.5) is 5.69 Å². The van der Waals surface area contributed by atoms with E-state index >= 15 is 0 Å². The molecule has 0 aliphatic carbocycles. The fraction of sp³-hybridized carbons (Fsp3) is 0. The van der Waals surface area contributed by atoms with Crippen molar-refractivity contribution in [1.29, 1.82) is 0 Å². The van der Waals surface area contributed by atoms with Gasteiger partial charge in [-0.15, -0.1) is 11.3 Å². The molecule has 0 N–H and O–H groups in total. The molecule has 2 aromatic rings. The van der Waals surface area contributed by atoms with Crippen molar-refractivity contribution >= 4 is 72.3 Å². The van der Waals surface area contributed by atoms with E-state index in [2.05, 4.69) is 45.2 Å². The molecule has 6 heteroatoms. The van der Waals surface area contributed by atoms with Crippen molar-refractivity contribution in [2.24, 2.45) is 0 Å². The molecular formula is C8H3I2NO2S. The third-order valence-corrected chi connectivity index (χ3v) is 4.72. The number of halogens is 2. The maximum absolute atomic E-state index is 10.8. The normalized spacial score (nSPS) is 10.7. The highest BCUT2D eigenvalue weighted by Crippen LogP contribution is 2.35. The highest BCUT2D eigenvalue weighted by molar-refractivity contribution is 14.1. The summed E-state index contributed by atoms with van der Waals surface area (Å²) in [6.45, 7) is 0. The number of non-ortho nitro benzene ring substituents is 1. The molecule has 0 spiro atoms. The van der Waals surface area contributed by atoms with Gasteiger partial charge in [-0.2, -0.15) is 0 Å². The molecule has 0 fully saturated rings. The van der Waals surface area contributed by atoms with Crippen molar-refractivity contribution in [2.45, 2.75) is 0 Å². The zero-order chi connectivity index (χ0) is 10.3. The summed E-state index contributed by atoms with van der Waals surface area (Å²) in [5.41, 5.74) is 0.208. The molecule has 0 amide bonds. The molecule has 0 saturated heterocycles. The minimum absolute atomic E-state index is 0.208. The van der Waals surface area contributed by atoms with E-state index in [0.717, 1.165) is 17.2 Å². The first-order valence-corrected chi connectivity index (χ1v) is 6.64. The van der Waals surface area contributed by atoms with Crippen molar-refractivity contribution in [1.82, 2.24) is 0 Å². The summed E-state index contributed by atoms with van der Waals surface area (Å²) in [5.74, 6) is 0. The van der Waals surface area contributed by atoms with Gasteiger partial charge in [-0.1, -0.05) is 0 Å². The van der Waals surface area contributed by atoms with Crippen LogP contribution in [0.25, 0.3) is 10.1 Å². The van der Waals surface area contributed by atoms with Gasteiger partial charge >= 0.3 is 0 Å². The Morgan fingerprint density at radius 3 is 2.71 bits per heavy atom. The van der Waals surface area contributed by atoms with Crippen LogP contribution in [0.1, 0.15) is 0 Å². The molecule has 1 heterocycles. The van der Waals surface area contributed by atoms with Crippen LogP contribution in [-0.2, 0) is 0 Å². The van der Waals surface area contributed by atoms with Gasteiger partial charge in [0.2, 0.25) is 0 Å². The standard InChI is InChI=1S/C8H3I2NO2S/c9-4-1-5-6(10)3-14-8(5)7(2-4)11(12)13/h1-3H. The Kier molecular flexibility index (Phi) is 2.93. The number of rotatable bonds is 1. The lowest BCUT2D eigenvalue weighted by atomic mass is 10.2. The number of thiophene rings is 1. The zero-order valence-electron chi connectivity index (χ0n) is 6.66. The lowest BCUT2D eigenvalue weighted by Gasteiger charge is -1.95. The fourth-order valence-corrected chi connectivity index (χ4v) is 3.68. The Morgan fingerprint density at radius 1 is 1.36 bits per heavy atom. The van der Waals surface area contributed by atoms with E-state index in [1.807, 2.05) is 11.4 Å². The minimum atomic E-state index is -0.322. The molecule has 14 heavy (non-hydrogen) atoms. The van der Waals surface area contributed by atoms with Gasteiger partial charge in [0.1, 0.15) is 4.70 Å². The Balaban J connectivity index is 2.88. The Labute approximate surface area is 111 Å². The quantitative estimate of drug-likeness (QED) is 0.389. The maximum Gasteiger partial charge on any atom is 0.288 e. The average molecular weight is 431 g/mol. The monoisotopic (exact) mass is 431 g/mol. The zero-order valence-corrected chi connectivity index (χ0v) is 11.8. The largest absolute Gasteiger partial charge is 0.288 e. The summed E-state index contributed by atoms with van der Waals surface area (Å²) in [6.07, 6.45) is 0. The molecule has 1 aromatic carbocycles. The second kappa shape index (κ2) is 3.89. The molecule has 0 aliphatic rings. The van der Waals surface area contributed by atoms with E-state index < -0.39 is 0 Å². The van der Waals surface area contributed by atoms with Crippen LogP contribution in [0.15, 0.2) is 17.5 Å². The number of nitro benzene ring substituents is 1. The molecule has 0 atom stereocenters. The first kappa shape index (κ1) is 10.6. The van der Waals surface area contributed by atoms with Crippen LogP contribution in [0.5, 0.6) is 0 Å². The number of hydrogen-bond donors (Lipinski definition) is 0. The highest BCUT2D eigenvalue weighted by atomic mass is 127. The molecule has 72 valence electrons. The lowest BCUT2D eigenvalue weighted by molar-refractivity contribution is -0.382. The van der Waals surface area contributed by atoms with Gasteiger partial charge in [0.15, 0.2) is 0 Å². The van der Waals surface area contributed by atoms with E-state index in [9.17, 15) is 10.1 Å². The first-order valence-electron chi connectivity index (χ1n) is 3.60. The van der Waals surface area contributed by atoms with Crippen LogP contribution >= 0.6 is 56.5 Å². The second-order valence-electron chi connectivity index (χ2n) is 2.64. The van der Waals surface area contributed by atoms with Crippen LogP contribution in [-0.4, -0.2) is 4.92 Å². The first-order chi connectivity index (χ1) is 6.59. The van der Waals surface area contributed by atoms with Crippen LogP contribution < -0.4 is 0 Å². The second-order valence-corrected chi connectivity index (χ2v) is 5.93. The van der Waals surface area contributed by atoms with Crippen LogP contribution in [0, 0.1) is 17.3 Å². The average Bonchev–Trinajstić information content (AvgIpc) is 2.47. The van der Waals surface area contributed by atoms with Crippen LogP contribution in [0.2, 0.25) is 0 Å². The van der Waals surface area contributed by atoms with Gasteiger partial charge in [0.05, 0.1) is 4.92 Å². The third kappa shape index (κ3) is 1.74. The smallest absolute Gasteiger partial charge is 0.258 e. The highest BCUT2D eigenvalue weighted by Gasteiger charge is 2.16. The predicted octanol–water partition coefficient (Wildman–Crippen LogP) is 4.02. The fourth-order valence-electron chi connectivity index (χ4n) is 1.19. The van der Waals surface area contributed by atoms with E-state index in [-0.39, 0.29) is 10.6 Å². The Bertz CT molecular complexity index is 523. The van der Waals surface area contributed by atoms with Crippen molar-refractivity contribution in [3.8, 4) is 0 Å². The maximum atomic E-state index is 10.8. The van der Waals surface area contributed by atoms with Gasteiger partial charge in [0, 0.05) is 24.0 Å². The minimum Gasteiger partial charge on any atom is -0.258 e. The third-order valence-electron chi connectivity index (χ3n) is 1.77. The molecular weight excluding hydrogens is 428 g/mol. The molecule has 0 saturated carbocycles. The number of fused-ring (bicyclic) bond motifs is 1. The van der Waals surface area contributed by atoms with Gasteiger partial charge in [-0.3, -0.25) is 10.1 Å². The summed E-state index contributed by atoms with van der Waals surface area (Å²) in [5, 5.41) is 13.7. The van der Waals surface area contributed by atoms with Gasteiger partial charge in [-0.25, -0.2) is 0 Å². The summed E-state index contributed by atoms with van der Waals surface area (Å²) in [7, 11) is 0. The molecule has 3 nitrogen and oxygen atoms in total. The van der Waals surface area contributed by atoms with Crippen molar-refractivity contribution in [2.75, 3.05) is 0 Å².